The molecule has 6 nitrogen and oxygen atoms in total. The van der Waals surface area contributed by atoms with E-state index in [0.717, 1.165) is 29.8 Å². The molecular weight excluding hydrogens is 372 g/mol. The van der Waals surface area contributed by atoms with Gasteiger partial charge in [0.05, 0.1) is 12.9 Å². The number of para-hydroxylation sites is 1. The highest BCUT2D eigenvalue weighted by Gasteiger charge is 2.17. The second kappa shape index (κ2) is 9.94. The van der Waals surface area contributed by atoms with Gasteiger partial charge in [-0.1, -0.05) is 55.4 Å². The van der Waals surface area contributed by atoms with E-state index in [1.54, 1.807) is 7.11 Å². The minimum absolute atomic E-state index is 0.00370. The molecule has 1 aromatic heterocycles. The maximum Gasteiger partial charge on any atom is 0.230 e. The lowest BCUT2D eigenvalue weighted by molar-refractivity contribution is -0.118. The third kappa shape index (κ3) is 4.92. The fourth-order valence-corrected chi connectivity index (χ4v) is 3.49. The molecule has 0 aliphatic heterocycles. The monoisotopic (exact) mass is 396 g/mol. The number of amides is 1. The van der Waals surface area contributed by atoms with Crippen LogP contribution in [0.3, 0.4) is 0 Å². The zero-order chi connectivity index (χ0) is 19.8. The van der Waals surface area contributed by atoms with Crippen molar-refractivity contribution in [3.05, 3.63) is 54.6 Å². The van der Waals surface area contributed by atoms with Gasteiger partial charge in [0.15, 0.2) is 11.0 Å². The zero-order valence-electron chi connectivity index (χ0n) is 16.1. The van der Waals surface area contributed by atoms with Gasteiger partial charge in [-0.05, 0) is 30.7 Å². The van der Waals surface area contributed by atoms with Crippen molar-refractivity contribution in [3.63, 3.8) is 0 Å². The number of unbranched alkanes of at least 4 members (excludes halogenated alkanes) is 1. The lowest BCUT2D eigenvalue weighted by Gasteiger charge is -2.11. The molecule has 0 aliphatic carbocycles. The molecule has 0 atom stereocenters. The van der Waals surface area contributed by atoms with Gasteiger partial charge in [0, 0.05) is 17.8 Å². The summed E-state index contributed by atoms with van der Waals surface area (Å²) in [6, 6.07) is 17.6. The number of nitrogens with zero attached hydrogens (tertiary/aromatic N) is 3. The van der Waals surface area contributed by atoms with Gasteiger partial charge in [-0.3, -0.25) is 9.36 Å². The van der Waals surface area contributed by atoms with Crippen LogP contribution in [0.5, 0.6) is 5.75 Å². The van der Waals surface area contributed by atoms with Gasteiger partial charge in [0.1, 0.15) is 5.75 Å². The molecule has 0 bridgehead atoms. The van der Waals surface area contributed by atoms with Crippen molar-refractivity contribution in [2.75, 3.05) is 19.4 Å². The smallest absolute Gasteiger partial charge is 0.230 e. The van der Waals surface area contributed by atoms with E-state index in [4.69, 9.17) is 4.74 Å². The second-order valence-electron chi connectivity index (χ2n) is 6.20. The van der Waals surface area contributed by atoms with E-state index >= 15 is 0 Å². The molecule has 0 radical (unpaired) electrons. The number of benzene rings is 2. The van der Waals surface area contributed by atoms with Crippen molar-refractivity contribution in [2.45, 2.75) is 24.9 Å². The Morgan fingerprint density at radius 3 is 2.71 bits per heavy atom. The first-order chi connectivity index (χ1) is 13.7. The van der Waals surface area contributed by atoms with Gasteiger partial charge in [-0.2, -0.15) is 0 Å². The number of nitrogens with one attached hydrogen (secondary N) is 1. The summed E-state index contributed by atoms with van der Waals surface area (Å²) >= 11 is 1.38. The summed E-state index contributed by atoms with van der Waals surface area (Å²) in [4.78, 5) is 12.1. The topological polar surface area (TPSA) is 69.0 Å². The van der Waals surface area contributed by atoms with E-state index in [0.29, 0.717) is 23.3 Å². The summed E-state index contributed by atoms with van der Waals surface area (Å²) in [5.74, 6) is 1.76. The third-order valence-electron chi connectivity index (χ3n) is 4.16. The minimum Gasteiger partial charge on any atom is -0.497 e. The maximum absolute atomic E-state index is 12.1. The predicted octanol–water partition coefficient (Wildman–Crippen LogP) is 3.95. The quantitative estimate of drug-likeness (QED) is 0.438. The van der Waals surface area contributed by atoms with Crippen LogP contribution in [-0.2, 0) is 4.79 Å². The number of aromatic nitrogens is 3. The largest absolute Gasteiger partial charge is 0.497 e. The molecule has 0 fully saturated rings. The SMILES string of the molecule is CCCCNC(=O)CSc1nnc(-c2cccc(OC)c2)n1-c1ccccc1. The normalized spacial score (nSPS) is 10.6. The Bertz CT molecular complexity index is 912. The number of ether oxygens (including phenoxy) is 1. The van der Waals surface area contributed by atoms with Crippen LogP contribution >= 0.6 is 11.8 Å². The van der Waals surface area contributed by atoms with E-state index in [1.807, 2.05) is 59.2 Å². The maximum atomic E-state index is 12.1. The molecule has 2 aromatic carbocycles. The average molecular weight is 397 g/mol. The van der Waals surface area contributed by atoms with Crippen molar-refractivity contribution in [1.82, 2.24) is 20.1 Å². The molecule has 0 saturated heterocycles. The molecule has 0 unspecified atom stereocenters. The average Bonchev–Trinajstić information content (AvgIpc) is 3.17. The minimum atomic E-state index is 0.00370. The molecule has 146 valence electrons. The van der Waals surface area contributed by atoms with Crippen LogP contribution in [0.1, 0.15) is 19.8 Å². The molecule has 1 amide bonds. The van der Waals surface area contributed by atoms with Crippen molar-refractivity contribution in [3.8, 4) is 22.8 Å². The molecule has 1 heterocycles. The Kier molecular flexibility index (Phi) is 7.08. The van der Waals surface area contributed by atoms with Crippen LogP contribution < -0.4 is 10.1 Å². The first-order valence-corrected chi connectivity index (χ1v) is 10.3. The van der Waals surface area contributed by atoms with Gasteiger partial charge >= 0.3 is 0 Å². The van der Waals surface area contributed by atoms with Crippen molar-refractivity contribution < 1.29 is 9.53 Å². The molecule has 3 rings (SSSR count). The van der Waals surface area contributed by atoms with E-state index < -0.39 is 0 Å². The summed E-state index contributed by atoms with van der Waals surface area (Å²) < 4.78 is 7.31. The van der Waals surface area contributed by atoms with E-state index in [2.05, 4.69) is 22.4 Å². The van der Waals surface area contributed by atoms with E-state index in [-0.39, 0.29) is 5.91 Å². The number of rotatable bonds is 9. The highest BCUT2D eigenvalue weighted by molar-refractivity contribution is 7.99. The van der Waals surface area contributed by atoms with Gasteiger partial charge < -0.3 is 10.1 Å². The summed E-state index contributed by atoms with van der Waals surface area (Å²) in [5.41, 5.74) is 1.84. The highest BCUT2D eigenvalue weighted by Crippen LogP contribution is 2.29. The Morgan fingerprint density at radius 2 is 1.96 bits per heavy atom. The van der Waals surface area contributed by atoms with Crippen molar-refractivity contribution in [1.29, 1.82) is 0 Å². The number of thioether (sulfide) groups is 1. The number of hydrogen-bond acceptors (Lipinski definition) is 5. The Labute approximate surface area is 169 Å². The van der Waals surface area contributed by atoms with Crippen molar-refractivity contribution >= 4 is 17.7 Å². The fourth-order valence-electron chi connectivity index (χ4n) is 2.71. The highest BCUT2D eigenvalue weighted by atomic mass is 32.2. The van der Waals surface area contributed by atoms with Crippen LogP contribution in [0.2, 0.25) is 0 Å². The summed E-state index contributed by atoms with van der Waals surface area (Å²) in [5, 5.41) is 12.4. The molecule has 0 saturated carbocycles. The number of carbonyl (C=O) groups excluding carboxylic acids is 1. The van der Waals surface area contributed by atoms with E-state index in [9.17, 15) is 4.79 Å². The Hall–Kier alpha value is -2.80. The van der Waals surface area contributed by atoms with Crippen LogP contribution in [-0.4, -0.2) is 40.1 Å². The molecule has 1 N–H and O–H groups in total. The predicted molar refractivity (Wildman–Crippen MR) is 112 cm³/mol. The first kappa shape index (κ1) is 19.9. The van der Waals surface area contributed by atoms with Crippen LogP contribution in [0.15, 0.2) is 59.8 Å². The molecular formula is C21H24N4O2S. The number of methoxy groups -OCH3 is 1. The van der Waals surface area contributed by atoms with Crippen molar-refractivity contribution in [2.24, 2.45) is 0 Å². The molecule has 0 aliphatic rings. The summed E-state index contributed by atoms with van der Waals surface area (Å²) in [6.45, 7) is 2.81. The fraction of sp³-hybridized carbons (Fsp3) is 0.286. The summed E-state index contributed by atoms with van der Waals surface area (Å²) in [6.07, 6.45) is 2.04. The van der Waals surface area contributed by atoms with Gasteiger partial charge in [0.2, 0.25) is 5.91 Å². The van der Waals surface area contributed by atoms with Gasteiger partial charge in [-0.15, -0.1) is 10.2 Å². The third-order valence-corrected chi connectivity index (χ3v) is 5.09. The van der Waals surface area contributed by atoms with Crippen LogP contribution in [0.4, 0.5) is 0 Å². The number of carbonyl (C=O) groups is 1. The van der Waals surface area contributed by atoms with Gasteiger partial charge in [0.25, 0.3) is 0 Å². The van der Waals surface area contributed by atoms with Crippen LogP contribution in [0, 0.1) is 0 Å². The Morgan fingerprint density at radius 1 is 1.14 bits per heavy atom. The van der Waals surface area contributed by atoms with E-state index in [1.165, 1.54) is 11.8 Å². The lowest BCUT2D eigenvalue weighted by atomic mass is 10.2. The molecule has 3 aromatic rings. The second-order valence-corrected chi connectivity index (χ2v) is 7.14. The molecule has 0 spiro atoms. The lowest BCUT2D eigenvalue weighted by Crippen LogP contribution is -2.26. The van der Waals surface area contributed by atoms with Crippen LogP contribution in [0.25, 0.3) is 17.1 Å². The zero-order valence-corrected chi connectivity index (χ0v) is 16.9. The molecule has 7 heteroatoms. The summed E-state index contributed by atoms with van der Waals surface area (Å²) in [7, 11) is 1.64. The molecule has 28 heavy (non-hydrogen) atoms. The standard InChI is InChI=1S/C21H24N4O2S/c1-3-4-13-22-19(26)15-28-21-24-23-20(16-9-8-12-18(14-16)27-2)25(21)17-10-6-5-7-11-17/h5-12,14H,3-4,13,15H2,1-2H3,(H,22,26). The Balaban J connectivity index is 1.88. The first-order valence-electron chi connectivity index (χ1n) is 9.27. The number of hydrogen-bond donors (Lipinski definition) is 1. The van der Waals surface area contributed by atoms with Gasteiger partial charge in [-0.25, -0.2) is 0 Å².